The molecule has 0 unspecified atom stereocenters. The molecule has 24 heavy (non-hydrogen) atoms. The van der Waals surface area contributed by atoms with Crippen LogP contribution < -0.4 is 0 Å². The summed E-state index contributed by atoms with van der Waals surface area (Å²) in [5, 5.41) is 0.906. The number of carbonyl (C=O) groups excluding carboxylic acids is 1. The van der Waals surface area contributed by atoms with Crippen molar-refractivity contribution in [1.29, 1.82) is 0 Å². The van der Waals surface area contributed by atoms with Gasteiger partial charge in [-0.2, -0.15) is 0 Å². The van der Waals surface area contributed by atoms with E-state index in [0.29, 0.717) is 36.9 Å². The molecule has 0 amide bonds. The van der Waals surface area contributed by atoms with Gasteiger partial charge in [-0.3, -0.25) is 0 Å². The van der Waals surface area contributed by atoms with Gasteiger partial charge in [-0.15, -0.1) is 6.42 Å². The molecule has 0 saturated heterocycles. The Morgan fingerprint density at radius 2 is 2.08 bits per heavy atom. The first-order valence-corrected chi connectivity index (χ1v) is 8.29. The van der Waals surface area contributed by atoms with Gasteiger partial charge in [-0.05, 0) is 46.3 Å². The number of nitrogens with one attached hydrogen (secondary N) is 1. The first-order valence-electron chi connectivity index (χ1n) is 6.75. The van der Waals surface area contributed by atoms with Crippen molar-refractivity contribution in [3.63, 3.8) is 0 Å². The summed E-state index contributed by atoms with van der Waals surface area (Å²) in [6.07, 6.45) is 5.09. The number of fused-ring (bicyclic) bond motifs is 1. The second kappa shape index (κ2) is 6.86. The summed E-state index contributed by atoms with van der Waals surface area (Å²) in [5.74, 6) is 2.37. The molecule has 120 valence electrons. The topological polar surface area (TPSA) is 55.0 Å². The standard InChI is InChI=1S/C17H9BrCl2N2O2/c1-2-5-24-17(23)10-6-11(18)15-14(8-10)21-16(22-15)9-3-4-12(19)13(20)7-9/h1,3-4,6-8H,5H2,(H,21,22). The van der Waals surface area contributed by atoms with Crippen molar-refractivity contribution >= 4 is 56.1 Å². The van der Waals surface area contributed by atoms with Gasteiger partial charge in [0.15, 0.2) is 6.61 Å². The molecule has 7 heteroatoms. The number of rotatable bonds is 3. The molecular formula is C17H9BrCl2N2O2. The third kappa shape index (κ3) is 3.27. The van der Waals surface area contributed by atoms with E-state index in [-0.39, 0.29) is 6.61 Å². The summed E-state index contributed by atoms with van der Waals surface area (Å²) in [6.45, 7) is -0.0774. The number of aromatic nitrogens is 2. The maximum Gasteiger partial charge on any atom is 0.339 e. The summed E-state index contributed by atoms with van der Waals surface area (Å²) < 4.78 is 5.60. The highest BCUT2D eigenvalue weighted by Crippen LogP contribution is 2.31. The summed E-state index contributed by atoms with van der Waals surface area (Å²) in [7, 11) is 0. The zero-order valence-corrected chi connectivity index (χ0v) is 15.2. The van der Waals surface area contributed by atoms with E-state index in [4.69, 9.17) is 34.4 Å². The average Bonchev–Trinajstić information content (AvgIpc) is 2.99. The number of terminal acetylenes is 1. The number of benzene rings is 2. The molecule has 0 fully saturated rings. The molecule has 0 spiro atoms. The van der Waals surface area contributed by atoms with E-state index in [1.165, 1.54) is 0 Å². The maximum absolute atomic E-state index is 12.0. The normalized spacial score (nSPS) is 10.6. The monoisotopic (exact) mass is 422 g/mol. The minimum Gasteiger partial charge on any atom is -0.449 e. The van der Waals surface area contributed by atoms with Gasteiger partial charge < -0.3 is 9.72 Å². The molecule has 3 rings (SSSR count). The SMILES string of the molecule is C#CCOC(=O)c1cc(Br)c2nc(-c3ccc(Cl)c(Cl)c3)[nH]c2c1. The fraction of sp³-hybridized carbons (Fsp3) is 0.0588. The van der Waals surface area contributed by atoms with Gasteiger partial charge in [0, 0.05) is 10.0 Å². The number of aromatic amines is 1. The van der Waals surface area contributed by atoms with Crippen molar-refractivity contribution in [3.8, 4) is 23.7 Å². The number of hydrogen-bond donors (Lipinski definition) is 1. The molecule has 0 saturated carbocycles. The Balaban J connectivity index is 2.04. The van der Waals surface area contributed by atoms with Gasteiger partial charge in [0.05, 0.1) is 21.1 Å². The quantitative estimate of drug-likeness (QED) is 0.471. The van der Waals surface area contributed by atoms with Gasteiger partial charge in [-0.25, -0.2) is 9.78 Å². The Labute approximate surface area is 156 Å². The van der Waals surface area contributed by atoms with E-state index in [2.05, 4.69) is 31.8 Å². The van der Waals surface area contributed by atoms with Crippen LogP contribution in [0.1, 0.15) is 10.4 Å². The van der Waals surface area contributed by atoms with Gasteiger partial charge in [0.1, 0.15) is 11.3 Å². The van der Waals surface area contributed by atoms with Crippen molar-refractivity contribution in [3.05, 3.63) is 50.4 Å². The van der Waals surface area contributed by atoms with Crippen molar-refractivity contribution in [1.82, 2.24) is 9.97 Å². The van der Waals surface area contributed by atoms with Crippen LogP contribution in [-0.2, 0) is 4.74 Å². The minimum atomic E-state index is -0.499. The summed E-state index contributed by atoms with van der Waals surface area (Å²) in [5.41, 5.74) is 2.51. The van der Waals surface area contributed by atoms with E-state index in [0.717, 1.165) is 5.56 Å². The van der Waals surface area contributed by atoms with Crippen molar-refractivity contribution in [2.75, 3.05) is 6.61 Å². The van der Waals surface area contributed by atoms with Crippen LogP contribution in [-0.4, -0.2) is 22.5 Å². The zero-order chi connectivity index (χ0) is 17.3. The molecular weight excluding hydrogens is 415 g/mol. The highest BCUT2D eigenvalue weighted by molar-refractivity contribution is 9.10. The molecule has 2 aromatic carbocycles. The predicted octanol–water partition coefficient (Wildman–Crippen LogP) is 5.09. The first-order chi connectivity index (χ1) is 11.5. The van der Waals surface area contributed by atoms with E-state index in [1.807, 2.05) is 6.07 Å². The lowest BCUT2D eigenvalue weighted by atomic mass is 10.2. The van der Waals surface area contributed by atoms with Crippen LogP contribution in [0.4, 0.5) is 0 Å². The number of carbonyl (C=O) groups is 1. The first kappa shape index (κ1) is 16.8. The van der Waals surface area contributed by atoms with Crippen molar-refractivity contribution < 1.29 is 9.53 Å². The lowest BCUT2D eigenvalue weighted by molar-refractivity contribution is 0.0557. The average molecular weight is 424 g/mol. The van der Waals surface area contributed by atoms with Gasteiger partial charge in [0.25, 0.3) is 0 Å². The maximum atomic E-state index is 12.0. The van der Waals surface area contributed by atoms with Crippen LogP contribution in [0.5, 0.6) is 0 Å². The molecule has 0 radical (unpaired) electrons. The summed E-state index contributed by atoms with van der Waals surface area (Å²) in [6, 6.07) is 8.53. The summed E-state index contributed by atoms with van der Waals surface area (Å²) >= 11 is 15.4. The molecule has 3 aromatic rings. The summed E-state index contributed by atoms with van der Waals surface area (Å²) in [4.78, 5) is 19.6. The fourth-order valence-corrected chi connectivity index (χ4v) is 3.01. The molecule has 1 N–H and O–H groups in total. The molecule has 0 bridgehead atoms. The smallest absolute Gasteiger partial charge is 0.339 e. The molecule has 0 aliphatic carbocycles. The van der Waals surface area contributed by atoms with Crippen LogP contribution in [0.2, 0.25) is 10.0 Å². The van der Waals surface area contributed by atoms with Crippen LogP contribution in [0.25, 0.3) is 22.4 Å². The van der Waals surface area contributed by atoms with E-state index in [1.54, 1.807) is 24.3 Å². The predicted molar refractivity (Wildman–Crippen MR) is 98.4 cm³/mol. The van der Waals surface area contributed by atoms with E-state index < -0.39 is 5.97 Å². The van der Waals surface area contributed by atoms with Gasteiger partial charge in [-0.1, -0.05) is 29.1 Å². The molecule has 1 heterocycles. The Kier molecular flexibility index (Phi) is 4.81. The number of esters is 1. The minimum absolute atomic E-state index is 0.0774. The van der Waals surface area contributed by atoms with Gasteiger partial charge >= 0.3 is 5.97 Å². The lowest BCUT2D eigenvalue weighted by Crippen LogP contribution is -2.05. The largest absolute Gasteiger partial charge is 0.449 e. The Bertz CT molecular complexity index is 992. The number of ether oxygens (including phenoxy) is 1. The van der Waals surface area contributed by atoms with Crippen LogP contribution in [0.3, 0.4) is 0 Å². The molecule has 0 aliphatic heterocycles. The number of nitrogens with zero attached hydrogens (tertiary/aromatic N) is 1. The molecule has 0 atom stereocenters. The molecule has 1 aromatic heterocycles. The Morgan fingerprint density at radius 1 is 1.29 bits per heavy atom. The number of hydrogen-bond acceptors (Lipinski definition) is 3. The lowest BCUT2D eigenvalue weighted by Gasteiger charge is -2.02. The number of H-pyrrole nitrogens is 1. The van der Waals surface area contributed by atoms with Gasteiger partial charge in [0.2, 0.25) is 0 Å². The van der Waals surface area contributed by atoms with Crippen molar-refractivity contribution in [2.45, 2.75) is 0 Å². The molecule has 0 aliphatic rings. The highest BCUT2D eigenvalue weighted by atomic mass is 79.9. The van der Waals surface area contributed by atoms with Crippen LogP contribution in [0.15, 0.2) is 34.8 Å². The number of imidazole rings is 1. The Morgan fingerprint density at radius 3 is 2.79 bits per heavy atom. The second-order valence-electron chi connectivity index (χ2n) is 4.85. The fourth-order valence-electron chi connectivity index (χ4n) is 2.16. The third-order valence-electron chi connectivity index (χ3n) is 3.26. The number of halogens is 3. The third-order valence-corrected chi connectivity index (χ3v) is 4.60. The van der Waals surface area contributed by atoms with Crippen LogP contribution in [0, 0.1) is 12.3 Å². The van der Waals surface area contributed by atoms with E-state index in [9.17, 15) is 4.79 Å². The zero-order valence-electron chi connectivity index (χ0n) is 12.1. The van der Waals surface area contributed by atoms with E-state index >= 15 is 0 Å². The molecule has 4 nitrogen and oxygen atoms in total. The second-order valence-corrected chi connectivity index (χ2v) is 6.52. The Hall–Kier alpha value is -2.00. The van der Waals surface area contributed by atoms with Crippen molar-refractivity contribution in [2.24, 2.45) is 0 Å². The van der Waals surface area contributed by atoms with Crippen LogP contribution >= 0.6 is 39.1 Å². The highest BCUT2D eigenvalue weighted by Gasteiger charge is 2.14.